The van der Waals surface area contributed by atoms with Crippen molar-refractivity contribution in [2.45, 2.75) is 32.2 Å². The molecule has 1 fully saturated rings. The van der Waals surface area contributed by atoms with E-state index in [2.05, 4.69) is 20.6 Å². The van der Waals surface area contributed by atoms with Crippen molar-refractivity contribution in [1.82, 2.24) is 19.8 Å². The molecule has 2 aromatic heterocycles. The molecule has 7 nitrogen and oxygen atoms in total. The molecule has 3 heterocycles. The molecule has 1 aromatic carbocycles. The third-order valence-electron chi connectivity index (χ3n) is 4.47. The maximum atomic E-state index is 12.9. The van der Waals surface area contributed by atoms with Crippen molar-refractivity contribution in [1.29, 1.82) is 0 Å². The van der Waals surface area contributed by atoms with Crippen molar-refractivity contribution in [2.75, 3.05) is 16.8 Å². The molecule has 0 aliphatic carbocycles. The summed E-state index contributed by atoms with van der Waals surface area (Å²) in [6.45, 7) is 2.76. The van der Waals surface area contributed by atoms with Crippen LogP contribution in [0.2, 0.25) is 0 Å². The Labute approximate surface area is 145 Å². The number of benzene rings is 1. The van der Waals surface area contributed by atoms with Gasteiger partial charge in [0.1, 0.15) is 11.9 Å². The first-order chi connectivity index (χ1) is 12.3. The lowest BCUT2D eigenvalue weighted by Crippen LogP contribution is -2.47. The first-order valence-electron chi connectivity index (χ1n) is 8.60. The first-order valence-corrected chi connectivity index (χ1v) is 8.60. The zero-order valence-electron chi connectivity index (χ0n) is 14.1. The summed E-state index contributed by atoms with van der Waals surface area (Å²) in [4.78, 5) is 14.7. The Hall–Kier alpha value is -2.96. The highest BCUT2D eigenvalue weighted by Crippen LogP contribution is 2.22. The quantitative estimate of drug-likeness (QED) is 0.791. The molecule has 25 heavy (non-hydrogen) atoms. The van der Waals surface area contributed by atoms with Gasteiger partial charge in [-0.15, -0.1) is 15.3 Å². The van der Waals surface area contributed by atoms with Gasteiger partial charge in [-0.2, -0.15) is 4.52 Å². The highest BCUT2D eigenvalue weighted by atomic mass is 16.2. The van der Waals surface area contributed by atoms with Gasteiger partial charge in [-0.3, -0.25) is 4.79 Å². The van der Waals surface area contributed by atoms with Crippen LogP contribution in [-0.4, -0.2) is 38.3 Å². The number of hydrogen-bond donors (Lipinski definition) is 1. The van der Waals surface area contributed by atoms with Crippen LogP contribution < -0.4 is 10.2 Å². The van der Waals surface area contributed by atoms with Gasteiger partial charge in [0.05, 0.1) is 0 Å². The maximum absolute atomic E-state index is 12.9. The smallest absolute Gasteiger partial charge is 0.249 e. The Morgan fingerprint density at radius 3 is 2.80 bits per heavy atom. The molecule has 0 saturated carbocycles. The van der Waals surface area contributed by atoms with E-state index >= 15 is 0 Å². The normalized spacial score (nSPS) is 17.9. The highest BCUT2D eigenvalue weighted by molar-refractivity contribution is 5.99. The second-order valence-electron chi connectivity index (χ2n) is 6.12. The number of nitrogens with zero attached hydrogens (tertiary/aromatic N) is 5. The predicted molar refractivity (Wildman–Crippen MR) is 95.6 cm³/mol. The summed E-state index contributed by atoms with van der Waals surface area (Å²) in [5, 5.41) is 16.0. The van der Waals surface area contributed by atoms with Crippen LogP contribution in [0.1, 0.15) is 25.6 Å². The number of carbonyl (C=O) groups is 1. The van der Waals surface area contributed by atoms with Gasteiger partial charge in [-0.05, 0) is 37.1 Å². The van der Waals surface area contributed by atoms with E-state index in [0.29, 0.717) is 11.5 Å². The number of para-hydroxylation sites is 1. The molecule has 128 valence electrons. The summed E-state index contributed by atoms with van der Waals surface area (Å²) >= 11 is 0. The number of hydrogen-bond acceptors (Lipinski definition) is 5. The van der Waals surface area contributed by atoms with Crippen LogP contribution in [0.4, 0.5) is 11.5 Å². The van der Waals surface area contributed by atoms with E-state index in [4.69, 9.17) is 0 Å². The molecule has 1 aliphatic rings. The number of amides is 1. The Morgan fingerprint density at radius 1 is 1.16 bits per heavy atom. The SMILES string of the molecule is CCc1nnc2ccc(N[C@@H]3CCCN(c4ccccc4)C3=O)nn12. The number of carbonyl (C=O) groups excluding carboxylic acids is 1. The lowest BCUT2D eigenvalue weighted by molar-refractivity contribution is -0.120. The fourth-order valence-electron chi connectivity index (χ4n) is 3.18. The predicted octanol–water partition coefficient (Wildman–Crippen LogP) is 2.29. The van der Waals surface area contributed by atoms with Crippen LogP contribution in [0.5, 0.6) is 0 Å². The average Bonchev–Trinajstić information content (AvgIpc) is 3.06. The van der Waals surface area contributed by atoms with Crippen LogP contribution >= 0.6 is 0 Å². The summed E-state index contributed by atoms with van der Waals surface area (Å²) in [5.74, 6) is 1.55. The fourth-order valence-corrected chi connectivity index (χ4v) is 3.18. The van der Waals surface area contributed by atoms with Gasteiger partial charge in [-0.1, -0.05) is 25.1 Å². The highest BCUT2D eigenvalue weighted by Gasteiger charge is 2.29. The Morgan fingerprint density at radius 2 is 2.00 bits per heavy atom. The van der Waals surface area contributed by atoms with Crippen LogP contribution in [0.15, 0.2) is 42.5 Å². The largest absolute Gasteiger partial charge is 0.357 e. The van der Waals surface area contributed by atoms with Crippen molar-refractivity contribution in [3.05, 3.63) is 48.3 Å². The summed E-state index contributed by atoms with van der Waals surface area (Å²) < 4.78 is 1.73. The van der Waals surface area contributed by atoms with Crippen LogP contribution in [0, 0.1) is 0 Å². The third kappa shape index (κ3) is 2.93. The molecule has 1 atom stereocenters. The summed E-state index contributed by atoms with van der Waals surface area (Å²) in [6, 6.07) is 13.2. The van der Waals surface area contributed by atoms with E-state index in [1.165, 1.54) is 0 Å². The Bertz CT molecular complexity index is 891. The van der Waals surface area contributed by atoms with Gasteiger partial charge in [0.15, 0.2) is 11.5 Å². The summed E-state index contributed by atoms with van der Waals surface area (Å²) in [5.41, 5.74) is 1.65. The van der Waals surface area contributed by atoms with E-state index in [-0.39, 0.29) is 11.9 Å². The van der Waals surface area contributed by atoms with E-state index in [1.807, 2.05) is 54.3 Å². The van der Waals surface area contributed by atoms with E-state index in [1.54, 1.807) is 4.52 Å². The van der Waals surface area contributed by atoms with E-state index in [0.717, 1.165) is 37.3 Å². The van der Waals surface area contributed by atoms with Crippen molar-refractivity contribution < 1.29 is 4.79 Å². The van der Waals surface area contributed by atoms with Gasteiger partial charge >= 0.3 is 0 Å². The number of aromatic nitrogens is 4. The molecule has 4 rings (SSSR count). The topological polar surface area (TPSA) is 75.4 Å². The molecule has 3 aromatic rings. The van der Waals surface area contributed by atoms with E-state index < -0.39 is 0 Å². The Balaban J connectivity index is 1.56. The number of fused-ring (bicyclic) bond motifs is 1. The van der Waals surface area contributed by atoms with Gasteiger partial charge in [-0.25, -0.2) is 0 Å². The van der Waals surface area contributed by atoms with Crippen molar-refractivity contribution in [3.63, 3.8) is 0 Å². The van der Waals surface area contributed by atoms with Gasteiger partial charge < -0.3 is 10.2 Å². The first kappa shape index (κ1) is 15.6. The lowest BCUT2D eigenvalue weighted by Gasteiger charge is -2.32. The second kappa shape index (κ2) is 6.51. The molecule has 0 radical (unpaired) electrons. The molecule has 0 spiro atoms. The molecule has 7 heteroatoms. The van der Waals surface area contributed by atoms with Crippen LogP contribution in [0.25, 0.3) is 5.65 Å². The number of nitrogens with one attached hydrogen (secondary N) is 1. The van der Waals surface area contributed by atoms with E-state index in [9.17, 15) is 4.79 Å². The number of aryl methyl sites for hydroxylation is 1. The number of rotatable bonds is 4. The number of anilines is 2. The zero-order chi connectivity index (χ0) is 17.2. The van der Waals surface area contributed by atoms with Crippen molar-refractivity contribution >= 4 is 23.1 Å². The standard InChI is InChI=1S/C18H20N6O/c1-2-16-20-21-17-11-10-15(22-24(16)17)19-14-9-6-12-23(18(14)25)13-7-4-3-5-8-13/h3-5,7-8,10-11,14H,2,6,9,12H2,1H3,(H,19,22)/t14-/m1/s1. The molecule has 1 N–H and O–H groups in total. The summed E-state index contributed by atoms with van der Waals surface area (Å²) in [7, 11) is 0. The molecule has 1 saturated heterocycles. The maximum Gasteiger partial charge on any atom is 0.249 e. The molecule has 1 aliphatic heterocycles. The zero-order valence-corrected chi connectivity index (χ0v) is 14.1. The van der Waals surface area contributed by atoms with Crippen molar-refractivity contribution in [2.24, 2.45) is 0 Å². The molecular formula is C18H20N6O. The lowest BCUT2D eigenvalue weighted by atomic mass is 10.0. The van der Waals surface area contributed by atoms with Gasteiger partial charge in [0.2, 0.25) is 5.91 Å². The van der Waals surface area contributed by atoms with Gasteiger partial charge in [0.25, 0.3) is 0 Å². The third-order valence-corrected chi connectivity index (χ3v) is 4.47. The second-order valence-corrected chi connectivity index (χ2v) is 6.12. The average molecular weight is 336 g/mol. The Kier molecular flexibility index (Phi) is 4.05. The van der Waals surface area contributed by atoms with Gasteiger partial charge in [0, 0.05) is 18.7 Å². The minimum Gasteiger partial charge on any atom is -0.357 e. The fraction of sp³-hybridized carbons (Fsp3) is 0.333. The molecular weight excluding hydrogens is 316 g/mol. The molecule has 0 bridgehead atoms. The van der Waals surface area contributed by atoms with Crippen LogP contribution in [-0.2, 0) is 11.2 Å². The van der Waals surface area contributed by atoms with Crippen molar-refractivity contribution in [3.8, 4) is 0 Å². The minimum absolute atomic E-state index is 0.0822. The molecule has 0 unspecified atom stereocenters. The monoisotopic (exact) mass is 336 g/mol. The minimum atomic E-state index is -0.277. The van der Waals surface area contributed by atoms with Crippen LogP contribution in [0.3, 0.4) is 0 Å². The summed E-state index contributed by atoms with van der Waals surface area (Å²) in [6.07, 6.45) is 2.50. The number of piperidine rings is 1. The molecule has 1 amide bonds.